The molecule has 2 fully saturated rings. The molecule has 0 aliphatic carbocycles. The first-order valence-corrected chi connectivity index (χ1v) is 7.13. The molecule has 2 rings (SSSR count). The highest BCUT2D eigenvalue weighted by molar-refractivity contribution is 7.89. The van der Waals surface area contributed by atoms with E-state index in [4.69, 9.17) is 4.74 Å². The lowest BCUT2D eigenvalue weighted by Gasteiger charge is -2.32. The van der Waals surface area contributed by atoms with Crippen LogP contribution in [0.1, 0.15) is 19.3 Å². The minimum atomic E-state index is -3.11. The van der Waals surface area contributed by atoms with E-state index in [9.17, 15) is 8.42 Å². The normalized spacial score (nSPS) is 33.5. The van der Waals surface area contributed by atoms with Crippen molar-refractivity contribution in [2.75, 3.05) is 32.0 Å². The fourth-order valence-corrected chi connectivity index (χ4v) is 3.58. The third-order valence-corrected chi connectivity index (χ3v) is 4.73. The zero-order valence-electron chi connectivity index (χ0n) is 8.81. The van der Waals surface area contributed by atoms with Crippen LogP contribution in [-0.2, 0) is 14.8 Å². The van der Waals surface area contributed by atoms with Gasteiger partial charge in [0.1, 0.15) is 6.23 Å². The second-order valence-corrected chi connectivity index (χ2v) is 6.04. The van der Waals surface area contributed by atoms with E-state index in [-0.39, 0.29) is 12.0 Å². The number of rotatable bonds is 1. The molecule has 0 bridgehead atoms. The maximum Gasteiger partial charge on any atom is 0.217 e. The van der Waals surface area contributed by atoms with Crippen LogP contribution in [0.4, 0.5) is 0 Å². The third-order valence-electron chi connectivity index (χ3n) is 2.88. The van der Waals surface area contributed by atoms with Crippen molar-refractivity contribution < 1.29 is 13.2 Å². The number of nitrogens with zero attached hydrogens (tertiary/aromatic N) is 1. The molecule has 1 N–H and O–H groups in total. The first-order valence-electron chi connectivity index (χ1n) is 5.52. The van der Waals surface area contributed by atoms with E-state index in [1.165, 1.54) is 4.31 Å². The van der Waals surface area contributed by atoms with Gasteiger partial charge in [-0.05, 0) is 19.3 Å². The van der Waals surface area contributed by atoms with Gasteiger partial charge >= 0.3 is 0 Å². The molecule has 2 saturated heterocycles. The zero-order valence-corrected chi connectivity index (χ0v) is 9.63. The molecule has 0 radical (unpaired) electrons. The van der Waals surface area contributed by atoms with Gasteiger partial charge in [-0.3, -0.25) is 0 Å². The van der Waals surface area contributed by atoms with Crippen molar-refractivity contribution in [3.05, 3.63) is 0 Å². The molecule has 1 atom stereocenters. The third kappa shape index (κ3) is 2.69. The summed E-state index contributed by atoms with van der Waals surface area (Å²) >= 11 is 0. The number of ether oxygens (including phenoxy) is 1. The molecule has 0 spiro atoms. The Morgan fingerprint density at radius 1 is 1.27 bits per heavy atom. The minimum Gasteiger partial charge on any atom is -0.362 e. The molecule has 2 aliphatic rings. The molecule has 0 saturated carbocycles. The van der Waals surface area contributed by atoms with E-state index in [1.807, 2.05) is 0 Å². The van der Waals surface area contributed by atoms with E-state index >= 15 is 0 Å². The lowest BCUT2D eigenvalue weighted by molar-refractivity contribution is -0.0485. The molecule has 2 heterocycles. The molecule has 88 valence electrons. The summed E-state index contributed by atoms with van der Waals surface area (Å²) in [6.07, 6.45) is 2.72. The Balaban J connectivity index is 2.09. The summed E-state index contributed by atoms with van der Waals surface area (Å²) in [5.41, 5.74) is 0. The lowest BCUT2D eigenvalue weighted by atomic mass is 10.2. The Hall–Kier alpha value is -0.170. The highest BCUT2D eigenvalue weighted by Crippen LogP contribution is 2.20. The van der Waals surface area contributed by atoms with E-state index in [1.54, 1.807) is 0 Å². The molecule has 6 heteroatoms. The van der Waals surface area contributed by atoms with E-state index in [2.05, 4.69) is 5.32 Å². The van der Waals surface area contributed by atoms with Crippen LogP contribution in [-0.4, -0.2) is 50.9 Å². The van der Waals surface area contributed by atoms with Crippen LogP contribution in [0.15, 0.2) is 0 Å². The van der Waals surface area contributed by atoms with Gasteiger partial charge in [-0.1, -0.05) is 0 Å². The van der Waals surface area contributed by atoms with Gasteiger partial charge in [-0.2, -0.15) is 4.31 Å². The average molecular weight is 234 g/mol. The van der Waals surface area contributed by atoms with Crippen molar-refractivity contribution in [3.8, 4) is 0 Å². The largest absolute Gasteiger partial charge is 0.362 e. The van der Waals surface area contributed by atoms with Crippen LogP contribution in [0, 0.1) is 0 Å². The first-order chi connectivity index (χ1) is 7.20. The van der Waals surface area contributed by atoms with Crippen LogP contribution in [0.25, 0.3) is 0 Å². The van der Waals surface area contributed by atoms with Gasteiger partial charge in [-0.25, -0.2) is 8.42 Å². The summed E-state index contributed by atoms with van der Waals surface area (Å²) in [5.74, 6) is 0.187. The molecular weight excluding hydrogens is 216 g/mol. The molecule has 1 unspecified atom stereocenters. The molecular formula is C9H18N2O3S. The minimum absolute atomic E-state index is 0.187. The number of hydrogen-bond donors (Lipinski definition) is 1. The molecule has 15 heavy (non-hydrogen) atoms. The number of sulfonamides is 1. The number of hydrogen-bond acceptors (Lipinski definition) is 4. The Bertz CT molecular complexity index is 298. The molecule has 5 nitrogen and oxygen atoms in total. The molecule has 2 aliphatic heterocycles. The summed E-state index contributed by atoms with van der Waals surface area (Å²) in [6.45, 7) is 2.49. The van der Waals surface area contributed by atoms with Gasteiger partial charge in [0.2, 0.25) is 10.0 Å². The zero-order chi connectivity index (χ0) is 10.7. The van der Waals surface area contributed by atoms with Crippen molar-refractivity contribution in [2.24, 2.45) is 0 Å². The van der Waals surface area contributed by atoms with Gasteiger partial charge < -0.3 is 10.1 Å². The van der Waals surface area contributed by atoms with Crippen LogP contribution >= 0.6 is 0 Å². The van der Waals surface area contributed by atoms with Gasteiger partial charge in [-0.15, -0.1) is 0 Å². The topological polar surface area (TPSA) is 58.6 Å². The van der Waals surface area contributed by atoms with Gasteiger partial charge in [0, 0.05) is 26.2 Å². The quantitative estimate of drug-likeness (QED) is 0.679. The fourth-order valence-electron chi connectivity index (χ4n) is 2.05. The second-order valence-electron chi connectivity index (χ2n) is 4.00. The van der Waals surface area contributed by atoms with Crippen LogP contribution < -0.4 is 5.32 Å². The molecule has 0 aromatic rings. The van der Waals surface area contributed by atoms with Gasteiger partial charge in [0.25, 0.3) is 0 Å². The summed E-state index contributed by atoms with van der Waals surface area (Å²) < 4.78 is 30.9. The summed E-state index contributed by atoms with van der Waals surface area (Å²) in [5, 5.41) is 3.10. The summed E-state index contributed by atoms with van der Waals surface area (Å²) in [6, 6.07) is 0. The highest BCUT2D eigenvalue weighted by atomic mass is 32.2. The first kappa shape index (κ1) is 11.3. The predicted molar refractivity (Wildman–Crippen MR) is 57.0 cm³/mol. The molecule has 0 aromatic heterocycles. The van der Waals surface area contributed by atoms with Crippen LogP contribution in [0.5, 0.6) is 0 Å². The van der Waals surface area contributed by atoms with Crippen molar-refractivity contribution in [1.29, 1.82) is 0 Å². The lowest BCUT2D eigenvalue weighted by Crippen LogP contribution is -2.45. The van der Waals surface area contributed by atoms with Crippen LogP contribution in [0.2, 0.25) is 0 Å². The van der Waals surface area contributed by atoms with Crippen LogP contribution in [0.3, 0.4) is 0 Å². The van der Waals surface area contributed by atoms with E-state index in [0.29, 0.717) is 19.7 Å². The Morgan fingerprint density at radius 3 is 2.87 bits per heavy atom. The maximum absolute atomic E-state index is 11.9. The second kappa shape index (κ2) is 4.78. The van der Waals surface area contributed by atoms with Crippen molar-refractivity contribution in [3.63, 3.8) is 0 Å². The monoisotopic (exact) mass is 234 g/mol. The standard InChI is InChI=1S/C9H18N2O3S/c12-15(13)8-5-10-4-6-11(15)9-3-1-2-7-14-9/h9-10H,1-8H2. The predicted octanol–water partition coefficient (Wildman–Crippen LogP) is -0.252. The Labute approximate surface area is 90.8 Å². The SMILES string of the molecule is O=S1(=O)CCNCCN1C1CCCCO1. The summed E-state index contributed by atoms with van der Waals surface area (Å²) in [7, 11) is -3.11. The summed E-state index contributed by atoms with van der Waals surface area (Å²) in [4.78, 5) is 0. The van der Waals surface area contributed by atoms with Crippen molar-refractivity contribution >= 4 is 10.0 Å². The van der Waals surface area contributed by atoms with Crippen molar-refractivity contribution in [1.82, 2.24) is 9.62 Å². The van der Waals surface area contributed by atoms with Crippen molar-refractivity contribution in [2.45, 2.75) is 25.5 Å². The Kier molecular flexibility index (Phi) is 3.60. The molecule has 0 aromatic carbocycles. The van der Waals surface area contributed by atoms with Gasteiger partial charge in [0.15, 0.2) is 0 Å². The highest BCUT2D eigenvalue weighted by Gasteiger charge is 2.32. The maximum atomic E-state index is 11.9. The van der Waals surface area contributed by atoms with E-state index < -0.39 is 10.0 Å². The fraction of sp³-hybridized carbons (Fsp3) is 1.00. The van der Waals surface area contributed by atoms with Gasteiger partial charge in [0.05, 0.1) is 5.75 Å². The van der Waals surface area contributed by atoms with E-state index in [0.717, 1.165) is 25.8 Å². The number of nitrogens with one attached hydrogen (secondary N) is 1. The Morgan fingerprint density at radius 2 is 2.13 bits per heavy atom. The molecule has 0 amide bonds. The smallest absolute Gasteiger partial charge is 0.217 e. The average Bonchev–Trinajstić information content (AvgIpc) is 2.40.